The van der Waals surface area contributed by atoms with Gasteiger partial charge in [0.15, 0.2) is 0 Å². The van der Waals surface area contributed by atoms with Crippen LogP contribution in [0.15, 0.2) is 18.2 Å². The van der Waals surface area contributed by atoms with E-state index in [4.69, 9.17) is 5.73 Å². The molecular weight excluding hydrogens is 238 g/mol. The van der Waals surface area contributed by atoms with Crippen molar-refractivity contribution in [2.24, 2.45) is 5.73 Å². The molecule has 0 atom stereocenters. The Morgan fingerprint density at radius 1 is 1.39 bits per heavy atom. The zero-order valence-electron chi connectivity index (χ0n) is 10.8. The lowest BCUT2D eigenvalue weighted by atomic mass is 10.0. The number of hydrogen-bond donors (Lipinski definition) is 1. The third-order valence-electron chi connectivity index (χ3n) is 3.14. The number of carbonyl (C=O) groups is 1. The van der Waals surface area contributed by atoms with Crippen molar-refractivity contribution in [2.45, 2.75) is 25.8 Å². The quantitative estimate of drug-likeness (QED) is 0.891. The van der Waals surface area contributed by atoms with Crippen molar-refractivity contribution >= 4 is 5.91 Å². The number of likely N-dealkylation sites (N-methyl/N-ethyl adjacent to an activating group) is 1. The van der Waals surface area contributed by atoms with Crippen LogP contribution >= 0.6 is 0 Å². The van der Waals surface area contributed by atoms with Crippen LogP contribution in [-0.2, 0) is 11.2 Å². The lowest BCUT2D eigenvalue weighted by molar-refractivity contribution is -0.133. The molecule has 0 heterocycles. The zero-order chi connectivity index (χ0) is 13.9. The minimum absolute atomic E-state index is 0.105. The smallest absolute Gasteiger partial charge is 0.227 e. The lowest BCUT2D eigenvalue weighted by Crippen LogP contribution is -2.50. The van der Waals surface area contributed by atoms with Crippen molar-refractivity contribution in [3.63, 3.8) is 0 Å². The Labute approximate surface area is 106 Å². The van der Waals surface area contributed by atoms with Crippen LogP contribution in [0.4, 0.5) is 8.78 Å². The summed E-state index contributed by atoms with van der Waals surface area (Å²) in [6.07, 6.45) is -0.105. The summed E-state index contributed by atoms with van der Waals surface area (Å²) in [5, 5.41) is 0. The molecule has 0 radical (unpaired) electrons. The second-order valence-corrected chi connectivity index (χ2v) is 4.88. The van der Waals surface area contributed by atoms with Crippen molar-refractivity contribution < 1.29 is 13.6 Å². The predicted octanol–water partition coefficient (Wildman–Crippen LogP) is 1.70. The molecule has 1 aromatic rings. The molecule has 3 nitrogen and oxygen atoms in total. The normalized spacial score (nSPS) is 11.4. The van der Waals surface area contributed by atoms with E-state index in [0.717, 1.165) is 12.1 Å². The topological polar surface area (TPSA) is 46.3 Å². The fourth-order valence-corrected chi connectivity index (χ4v) is 1.42. The number of amides is 1. The molecule has 0 saturated carbocycles. The lowest BCUT2D eigenvalue weighted by Gasteiger charge is -2.34. The molecule has 5 heteroatoms. The number of benzene rings is 1. The standard InChI is InChI=1S/C13H18F2N2O/c1-13(2,8-16)17(3)12(18)6-9-4-5-10(14)7-11(9)15/h4-5,7H,6,8,16H2,1-3H3. The van der Waals surface area contributed by atoms with Crippen LogP contribution in [0.25, 0.3) is 0 Å². The van der Waals surface area contributed by atoms with Gasteiger partial charge in [-0.3, -0.25) is 4.79 Å². The van der Waals surface area contributed by atoms with Crippen LogP contribution in [0.5, 0.6) is 0 Å². The van der Waals surface area contributed by atoms with E-state index in [1.54, 1.807) is 7.05 Å². The van der Waals surface area contributed by atoms with Crippen LogP contribution in [0.1, 0.15) is 19.4 Å². The Hall–Kier alpha value is -1.49. The van der Waals surface area contributed by atoms with Crippen LogP contribution < -0.4 is 5.73 Å². The maximum absolute atomic E-state index is 13.4. The minimum Gasteiger partial charge on any atom is -0.339 e. The molecule has 18 heavy (non-hydrogen) atoms. The first-order valence-electron chi connectivity index (χ1n) is 5.68. The van der Waals surface area contributed by atoms with Gasteiger partial charge in [-0.05, 0) is 25.5 Å². The summed E-state index contributed by atoms with van der Waals surface area (Å²) in [7, 11) is 1.62. The molecule has 0 unspecified atom stereocenters. The van der Waals surface area contributed by atoms with Gasteiger partial charge >= 0.3 is 0 Å². The fourth-order valence-electron chi connectivity index (χ4n) is 1.42. The molecule has 0 spiro atoms. The molecule has 1 amide bonds. The molecule has 2 N–H and O–H groups in total. The highest BCUT2D eigenvalue weighted by Crippen LogP contribution is 2.15. The maximum Gasteiger partial charge on any atom is 0.227 e. The molecule has 0 bridgehead atoms. The second kappa shape index (κ2) is 5.44. The average molecular weight is 256 g/mol. The summed E-state index contributed by atoms with van der Waals surface area (Å²) < 4.78 is 26.2. The Morgan fingerprint density at radius 2 is 2.00 bits per heavy atom. The Bertz CT molecular complexity index is 447. The van der Waals surface area contributed by atoms with Gasteiger partial charge in [0.1, 0.15) is 11.6 Å². The highest BCUT2D eigenvalue weighted by Gasteiger charge is 2.26. The third kappa shape index (κ3) is 3.26. The summed E-state index contributed by atoms with van der Waals surface area (Å²) in [5.74, 6) is -1.61. The third-order valence-corrected chi connectivity index (χ3v) is 3.14. The second-order valence-electron chi connectivity index (χ2n) is 4.88. The van der Waals surface area contributed by atoms with E-state index in [9.17, 15) is 13.6 Å². The summed E-state index contributed by atoms with van der Waals surface area (Å²) in [4.78, 5) is 13.4. The van der Waals surface area contributed by atoms with Crippen LogP contribution in [0.3, 0.4) is 0 Å². The highest BCUT2D eigenvalue weighted by atomic mass is 19.1. The zero-order valence-corrected chi connectivity index (χ0v) is 10.8. The Morgan fingerprint density at radius 3 is 2.50 bits per heavy atom. The SMILES string of the molecule is CN(C(=O)Cc1ccc(F)cc1F)C(C)(C)CN. The van der Waals surface area contributed by atoms with Gasteiger partial charge in [0.2, 0.25) is 5.91 Å². The van der Waals surface area contributed by atoms with Crippen molar-refractivity contribution in [1.82, 2.24) is 4.90 Å². The number of nitrogens with zero attached hydrogens (tertiary/aromatic N) is 1. The fraction of sp³-hybridized carbons (Fsp3) is 0.462. The number of rotatable bonds is 4. The molecule has 1 rings (SSSR count). The van der Waals surface area contributed by atoms with E-state index < -0.39 is 17.2 Å². The first kappa shape index (κ1) is 14.6. The minimum atomic E-state index is -0.706. The Balaban J connectivity index is 2.82. The molecule has 0 aliphatic heterocycles. The molecule has 0 aliphatic rings. The van der Waals surface area contributed by atoms with Gasteiger partial charge in [0, 0.05) is 25.2 Å². The first-order valence-corrected chi connectivity index (χ1v) is 5.68. The van der Waals surface area contributed by atoms with Crippen molar-refractivity contribution in [3.8, 4) is 0 Å². The molecule has 0 saturated heterocycles. The van der Waals surface area contributed by atoms with Gasteiger partial charge in [-0.25, -0.2) is 8.78 Å². The molecule has 1 aromatic carbocycles. The predicted molar refractivity (Wildman–Crippen MR) is 66.0 cm³/mol. The molecule has 0 fully saturated rings. The van der Waals surface area contributed by atoms with Crippen LogP contribution in [0.2, 0.25) is 0 Å². The van der Waals surface area contributed by atoms with Crippen molar-refractivity contribution in [1.29, 1.82) is 0 Å². The molecule has 0 aliphatic carbocycles. The maximum atomic E-state index is 13.4. The van der Waals surface area contributed by atoms with Gasteiger partial charge in [0.25, 0.3) is 0 Å². The summed E-state index contributed by atoms with van der Waals surface area (Å²) in [5.41, 5.74) is 5.26. The van der Waals surface area contributed by atoms with Gasteiger partial charge in [-0.2, -0.15) is 0 Å². The number of nitrogens with two attached hydrogens (primary N) is 1. The highest BCUT2D eigenvalue weighted by molar-refractivity contribution is 5.79. The molecular formula is C13H18F2N2O. The van der Waals surface area contributed by atoms with Crippen LogP contribution in [0, 0.1) is 11.6 Å². The average Bonchev–Trinajstić information content (AvgIpc) is 2.31. The number of halogens is 2. The summed E-state index contributed by atoms with van der Waals surface area (Å²) >= 11 is 0. The van der Waals surface area contributed by atoms with Crippen LogP contribution in [-0.4, -0.2) is 29.9 Å². The van der Waals surface area contributed by atoms with E-state index in [0.29, 0.717) is 6.54 Å². The van der Waals surface area contributed by atoms with E-state index in [-0.39, 0.29) is 17.9 Å². The summed E-state index contributed by atoms with van der Waals surface area (Å²) in [6.45, 7) is 3.96. The van der Waals surface area contributed by atoms with Gasteiger partial charge in [-0.15, -0.1) is 0 Å². The monoisotopic (exact) mass is 256 g/mol. The van der Waals surface area contributed by atoms with Gasteiger partial charge < -0.3 is 10.6 Å². The van der Waals surface area contributed by atoms with Crippen molar-refractivity contribution in [2.75, 3.05) is 13.6 Å². The van der Waals surface area contributed by atoms with E-state index in [2.05, 4.69) is 0 Å². The summed E-state index contributed by atoms with van der Waals surface area (Å²) in [6, 6.07) is 3.20. The largest absolute Gasteiger partial charge is 0.339 e. The Kier molecular flexibility index (Phi) is 4.40. The van der Waals surface area contributed by atoms with E-state index in [1.807, 2.05) is 13.8 Å². The first-order chi connectivity index (χ1) is 8.27. The van der Waals surface area contributed by atoms with Gasteiger partial charge in [-0.1, -0.05) is 6.07 Å². The molecule has 0 aromatic heterocycles. The van der Waals surface area contributed by atoms with E-state index >= 15 is 0 Å². The number of hydrogen-bond acceptors (Lipinski definition) is 2. The number of carbonyl (C=O) groups excluding carboxylic acids is 1. The van der Waals surface area contributed by atoms with E-state index in [1.165, 1.54) is 11.0 Å². The van der Waals surface area contributed by atoms with Gasteiger partial charge in [0.05, 0.1) is 6.42 Å². The molecule has 100 valence electrons. The van der Waals surface area contributed by atoms with Crippen molar-refractivity contribution in [3.05, 3.63) is 35.4 Å².